The van der Waals surface area contributed by atoms with E-state index in [-0.39, 0.29) is 36.4 Å². The number of nitrogens with one attached hydrogen (secondary N) is 1. The SMILES string of the molecule is Cc1ccc(F)cc1Cn1nc(C2CCNCC2)n(Cc2ccccc2)c1=O.Cl. The number of hydrogen-bond donors (Lipinski definition) is 1. The molecule has 0 saturated carbocycles. The van der Waals surface area contributed by atoms with Crippen molar-refractivity contribution in [2.24, 2.45) is 0 Å². The number of piperidine rings is 1. The van der Waals surface area contributed by atoms with Gasteiger partial charge in [-0.2, -0.15) is 5.10 Å². The Morgan fingerprint density at radius 3 is 2.55 bits per heavy atom. The molecule has 0 amide bonds. The maximum Gasteiger partial charge on any atom is 0.346 e. The van der Waals surface area contributed by atoms with Crippen molar-refractivity contribution in [3.05, 3.63) is 87.3 Å². The third-order valence-corrected chi connectivity index (χ3v) is 5.47. The van der Waals surface area contributed by atoms with Gasteiger partial charge in [-0.1, -0.05) is 36.4 Å². The minimum Gasteiger partial charge on any atom is -0.317 e. The molecule has 5 nitrogen and oxygen atoms in total. The van der Waals surface area contributed by atoms with E-state index in [4.69, 9.17) is 5.10 Å². The second kappa shape index (κ2) is 9.37. The van der Waals surface area contributed by atoms with Crippen LogP contribution >= 0.6 is 12.4 Å². The molecule has 4 rings (SSSR count). The largest absolute Gasteiger partial charge is 0.346 e. The molecule has 1 saturated heterocycles. The molecule has 0 bridgehead atoms. The van der Waals surface area contributed by atoms with Gasteiger partial charge in [0.2, 0.25) is 0 Å². The number of hydrogen-bond acceptors (Lipinski definition) is 3. The highest BCUT2D eigenvalue weighted by Crippen LogP contribution is 2.23. The lowest BCUT2D eigenvalue weighted by Gasteiger charge is -2.22. The van der Waals surface area contributed by atoms with Crippen molar-refractivity contribution in [1.29, 1.82) is 0 Å². The topological polar surface area (TPSA) is 51.9 Å². The van der Waals surface area contributed by atoms with Gasteiger partial charge < -0.3 is 5.32 Å². The second-order valence-electron chi connectivity index (χ2n) is 7.47. The maximum absolute atomic E-state index is 13.7. The molecule has 0 spiro atoms. The third-order valence-electron chi connectivity index (χ3n) is 5.47. The summed E-state index contributed by atoms with van der Waals surface area (Å²) in [6.45, 7) is 4.57. The molecule has 1 fully saturated rings. The monoisotopic (exact) mass is 416 g/mol. The number of halogens is 2. The van der Waals surface area contributed by atoms with Crippen LogP contribution in [0.4, 0.5) is 4.39 Å². The zero-order valence-electron chi connectivity index (χ0n) is 16.5. The fraction of sp³-hybridized carbons (Fsp3) is 0.364. The van der Waals surface area contributed by atoms with Crippen LogP contribution in [0.3, 0.4) is 0 Å². The van der Waals surface area contributed by atoms with Crippen LogP contribution < -0.4 is 11.0 Å². The van der Waals surface area contributed by atoms with Gasteiger partial charge in [0.15, 0.2) is 0 Å². The van der Waals surface area contributed by atoms with Crippen LogP contribution in [0, 0.1) is 12.7 Å². The Balaban J connectivity index is 0.00000240. The van der Waals surface area contributed by atoms with Crippen molar-refractivity contribution >= 4 is 12.4 Å². The summed E-state index contributed by atoms with van der Waals surface area (Å²) < 4.78 is 17.0. The number of aromatic nitrogens is 3. The molecule has 3 aromatic rings. The van der Waals surface area contributed by atoms with Crippen molar-refractivity contribution in [1.82, 2.24) is 19.7 Å². The van der Waals surface area contributed by atoms with E-state index in [0.29, 0.717) is 6.54 Å². The summed E-state index contributed by atoms with van der Waals surface area (Å²) in [5.41, 5.74) is 2.67. The standard InChI is InChI=1S/C22H25FN4O.ClH/c1-16-7-8-20(23)13-19(16)15-27-22(28)26(14-17-5-3-2-4-6-17)21(25-27)18-9-11-24-12-10-18;/h2-8,13,18,24H,9-12,14-15H2,1H3;1H. The van der Waals surface area contributed by atoms with Crippen LogP contribution in [0.5, 0.6) is 0 Å². The van der Waals surface area contributed by atoms with Gasteiger partial charge in [-0.3, -0.25) is 4.57 Å². The molecule has 7 heteroatoms. The van der Waals surface area contributed by atoms with Gasteiger partial charge in [0.25, 0.3) is 0 Å². The molecular weight excluding hydrogens is 391 g/mol. The van der Waals surface area contributed by atoms with Crippen LogP contribution in [0.15, 0.2) is 53.3 Å². The quantitative estimate of drug-likeness (QED) is 0.692. The Bertz CT molecular complexity index is 1010. The van der Waals surface area contributed by atoms with Gasteiger partial charge in [0.05, 0.1) is 13.1 Å². The van der Waals surface area contributed by atoms with Crippen LogP contribution in [0.2, 0.25) is 0 Å². The smallest absolute Gasteiger partial charge is 0.317 e. The first kappa shape index (κ1) is 21.3. The molecule has 1 N–H and O–H groups in total. The van der Waals surface area contributed by atoms with Gasteiger partial charge in [-0.25, -0.2) is 13.9 Å². The second-order valence-corrected chi connectivity index (χ2v) is 7.47. The summed E-state index contributed by atoms with van der Waals surface area (Å²) in [7, 11) is 0. The van der Waals surface area contributed by atoms with Crippen molar-refractivity contribution in [3.63, 3.8) is 0 Å². The lowest BCUT2D eigenvalue weighted by molar-refractivity contribution is 0.430. The maximum atomic E-state index is 13.7. The highest BCUT2D eigenvalue weighted by Gasteiger charge is 2.24. The molecule has 1 aliphatic heterocycles. The lowest BCUT2D eigenvalue weighted by Crippen LogP contribution is -2.30. The van der Waals surface area contributed by atoms with Crippen molar-refractivity contribution in [2.45, 2.75) is 38.8 Å². The average molecular weight is 417 g/mol. The van der Waals surface area contributed by atoms with Crippen LogP contribution in [0.1, 0.15) is 41.3 Å². The predicted molar refractivity (Wildman–Crippen MR) is 114 cm³/mol. The number of nitrogens with zero attached hydrogens (tertiary/aromatic N) is 3. The Morgan fingerprint density at radius 2 is 1.83 bits per heavy atom. The summed E-state index contributed by atoms with van der Waals surface area (Å²) in [5, 5.41) is 8.08. The fourth-order valence-electron chi connectivity index (χ4n) is 3.83. The van der Waals surface area contributed by atoms with Crippen molar-refractivity contribution < 1.29 is 4.39 Å². The van der Waals surface area contributed by atoms with E-state index in [9.17, 15) is 9.18 Å². The summed E-state index contributed by atoms with van der Waals surface area (Å²) in [4.78, 5) is 13.2. The number of benzene rings is 2. The van der Waals surface area contributed by atoms with Crippen molar-refractivity contribution in [3.8, 4) is 0 Å². The van der Waals surface area contributed by atoms with E-state index < -0.39 is 0 Å². The summed E-state index contributed by atoms with van der Waals surface area (Å²) in [6, 6.07) is 14.6. The number of rotatable bonds is 5. The van der Waals surface area contributed by atoms with E-state index in [1.54, 1.807) is 10.6 Å². The molecule has 0 aliphatic carbocycles. The molecule has 29 heavy (non-hydrogen) atoms. The van der Waals surface area contributed by atoms with E-state index in [1.165, 1.54) is 16.8 Å². The zero-order chi connectivity index (χ0) is 19.5. The molecule has 1 aliphatic rings. The predicted octanol–water partition coefficient (Wildman–Crippen LogP) is 3.48. The minimum absolute atomic E-state index is 0. The van der Waals surface area contributed by atoms with Crippen LogP contribution in [0.25, 0.3) is 0 Å². The van der Waals surface area contributed by atoms with Crippen LogP contribution in [-0.2, 0) is 13.1 Å². The third kappa shape index (κ3) is 4.77. The average Bonchev–Trinajstić information content (AvgIpc) is 3.02. The molecule has 154 valence electrons. The minimum atomic E-state index is -0.295. The Labute approximate surface area is 176 Å². The van der Waals surface area contributed by atoms with Gasteiger partial charge >= 0.3 is 5.69 Å². The summed E-state index contributed by atoms with van der Waals surface area (Å²) in [5.74, 6) is 0.799. The van der Waals surface area contributed by atoms with Gasteiger partial charge in [0, 0.05) is 5.92 Å². The molecule has 0 radical (unpaired) electrons. The Hall–Kier alpha value is -2.44. The molecule has 0 unspecified atom stereocenters. The summed E-state index contributed by atoms with van der Waals surface area (Å²) >= 11 is 0. The number of aryl methyl sites for hydroxylation is 1. The van der Waals surface area contributed by atoms with Crippen molar-refractivity contribution in [2.75, 3.05) is 13.1 Å². The van der Waals surface area contributed by atoms with E-state index in [0.717, 1.165) is 48.4 Å². The molecule has 2 heterocycles. The fourth-order valence-corrected chi connectivity index (χ4v) is 3.83. The van der Waals surface area contributed by atoms with Gasteiger partial charge in [-0.05, 0) is 61.7 Å². The highest BCUT2D eigenvalue weighted by molar-refractivity contribution is 5.85. The first-order valence-electron chi connectivity index (χ1n) is 9.79. The first-order chi connectivity index (χ1) is 13.6. The Morgan fingerprint density at radius 1 is 1.10 bits per heavy atom. The normalized spacial score (nSPS) is 14.6. The van der Waals surface area contributed by atoms with E-state index >= 15 is 0 Å². The Kier molecular flexibility index (Phi) is 6.87. The van der Waals surface area contributed by atoms with Gasteiger partial charge in [-0.15, -0.1) is 12.4 Å². The van der Waals surface area contributed by atoms with E-state index in [2.05, 4.69) is 5.32 Å². The highest BCUT2D eigenvalue weighted by atomic mass is 35.5. The van der Waals surface area contributed by atoms with E-state index in [1.807, 2.05) is 37.3 Å². The molecule has 0 atom stereocenters. The molecule has 1 aromatic heterocycles. The molecular formula is C22H26ClFN4O. The lowest BCUT2D eigenvalue weighted by atomic mass is 9.97. The van der Waals surface area contributed by atoms with Gasteiger partial charge in [0.1, 0.15) is 11.6 Å². The first-order valence-corrected chi connectivity index (χ1v) is 9.79. The molecule has 2 aromatic carbocycles. The summed E-state index contributed by atoms with van der Waals surface area (Å²) in [6.07, 6.45) is 1.93. The van der Waals surface area contributed by atoms with Crippen LogP contribution in [-0.4, -0.2) is 27.4 Å². The zero-order valence-corrected chi connectivity index (χ0v) is 17.3.